The van der Waals surface area contributed by atoms with Crippen LogP contribution in [0.3, 0.4) is 0 Å². The molecule has 1 aromatic heterocycles. The average molecular weight is 263 g/mol. The number of hydrogen-bond acceptors (Lipinski definition) is 5. The van der Waals surface area contributed by atoms with Gasteiger partial charge in [0.2, 0.25) is 0 Å². The third kappa shape index (κ3) is 3.07. The van der Waals surface area contributed by atoms with Gasteiger partial charge in [0.1, 0.15) is 5.75 Å². The lowest BCUT2D eigenvalue weighted by Gasteiger charge is -2.14. The number of hydrazine groups is 1. The Balaban J connectivity index is 2.14. The van der Waals surface area contributed by atoms with E-state index in [1.165, 1.54) is 5.56 Å². The van der Waals surface area contributed by atoms with Gasteiger partial charge in [0.05, 0.1) is 18.2 Å². The number of aryl methyl sites for hydroxylation is 1. The second-order valence-corrected chi connectivity index (χ2v) is 5.32. The second kappa shape index (κ2) is 5.95. The number of nitrogens with two attached hydrogens (primary N) is 1. The van der Waals surface area contributed by atoms with E-state index in [-0.39, 0.29) is 6.04 Å². The Kier molecular flexibility index (Phi) is 4.30. The molecule has 0 saturated carbocycles. The molecule has 1 heterocycles. The van der Waals surface area contributed by atoms with Crippen molar-refractivity contribution in [1.82, 2.24) is 10.4 Å². The molecule has 0 aliphatic heterocycles. The van der Waals surface area contributed by atoms with Gasteiger partial charge in [0.25, 0.3) is 0 Å². The van der Waals surface area contributed by atoms with Crippen LogP contribution in [0.15, 0.2) is 30.5 Å². The maximum absolute atomic E-state index is 5.63. The van der Waals surface area contributed by atoms with Crippen LogP contribution < -0.4 is 16.0 Å². The van der Waals surface area contributed by atoms with Crippen molar-refractivity contribution in [2.45, 2.75) is 19.4 Å². The molecule has 0 fully saturated rings. The van der Waals surface area contributed by atoms with Gasteiger partial charge in [-0.15, -0.1) is 11.3 Å². The van der Waals surface area contributed by atoms with E-state index in [2.05, 4.69) is 16.5 Å². The van der Waals surface area contributed by atoms with Gasteiger partial charge in [0, 0.05) is 11.1 Å². The molecule has 0 aliphatic carbocycles. The number of ether oxygens (including phenoxy) is 1. The van der Waals surface area contributed by atoms with Crippen molar-refractivity contribution in [2.24, 2.45) is 5.84 Å². The molecule has 1 unspecified atom stereocenters. The molecule has 1 atom stereocenters. The standard InChI is InChI=1S/C13H17N3OS/c1-9-15-8-13(18-9)12(16-14)7-10-4-3-5-11(6-10)17-2/h3-6,8,12,16H,7,14H2,1-2H3. The zero-order chi connectivity index (χ0) is 13.0. The van der Waals surface area contributed by atoms with E-state index in [1.807, 2.05) is 31.3 Å². The fourth-order valence-corrected chi connectivity index (χ4v) is 2.66. The van der Waals surface area contributed by atoms with Crippen molar-refractivity contribution in [3.05, 3.63) is 45.9 Å². The number of methoxy groups -OCH3 is 1. The highest BCUT2D eigenvalue weighted by Gasteiger charge is 2.13. The number of nitrogens with zero attached hydrogens (tertiary/aromatic N) is 1. The highest BCUT2D eigenvalue weighted by Crippen LogP contribution is 2.24. The Labute approximate surface area is 111 Å². The van der Waals surface area contributed by atoms with E-state index in [0.29, 0.717) is 0 Å². The minimum absolute atomic E-state index is 0.0864. The molecule has 2 rings (SSSR count). The minimum atomic E-state index is 0.0864. The lowest BCUT2D eigenvalue weighted by molar-refractivity contribution is 0.414. The molecule has 0 spiro atoms. The number of hydrogen-bond donors (Lipinski definition) is 2. The first kappa shape index (κ1) is 13.0. The van der Waals surface area contributed by atoms with Crippen molar-refractivity contribution >= 4 is 11.3 Å². The summed E-state index contributed by atoms with van der Waals surface area (Å²) < 4.78 is 5.22. The summed E-state index contributed by atoms with van der Waals surface area (Å²) in [5.74, 6) is 6.49. The van der Waals surface area contributed by atoms with Gasteiger partial charge in [-0.25, -0.2) is 4.98 Å². The summed E-state index contributed by atoms with van der Waals surface area (Å²) in [6.45, 7) is 1.99. The molecule has 3 N–H and O–H groups in total. The van der Waals surface area contributed by atoms with Gasteiger partial charge in [-0.05, 0) is 31.0 Å². The molecule has 2 aromatic rings. The third-order valence-corrected chi connectivity index (χ3v) is 3.78. The van der Waals surface area contributed by atoms with E-state index in [9.17, 15) is 0 Å². The first-order valence-corrected chi connectivity index (χ1v) is 6.56. The Bertz CT molecular complexity index is 512. The zero-order valence-electron chi connectivity index (χ0n) is 10.5. The Hall–Kier alpha value is -1.43. The predicted octanol–water partition coefficient (Wildman–Crippen LogP) is 2.21. The summed E-state index contributed by atoms with van der Waals surface area (Å²) >= 11 is 1.66. The Morgan fingerprint density at radius 3 is 2.94 bits per heavy atom. The fourth-order valence-electron chi connectivity index (χ4n) is 1.82. The molecular formula is C13H17N3OS. The van der Waals surface area contributed by atoms with E-state index < -0.39 is 0 Å². The number of aromatic nitrogens is 1. The number of benzene rings is 1. The van der Waals surface area contributed by atoms with Gasteiger partial charge in [-0.1, -0.05) is 12.1 Å². The van der Waals surface area contributed by atoms with Crippen LogP contribution in [0.5, 0.6) is 5.75 Å². The van der Waals surface area contributed by atoms with Crippen LogP contribution in [-0.2, 0) is 6.42 Å². The van der Waals surface area contributed by atoms with Crippen LogP contribution in [0.2, 0.25) is 0 Å². The van der Waals surface area contributed by atoms with Crippen LogP contribution in [0.25, 0.3) is 0 Å². The summed E-state index contributed by atoms with van der Waals surface area (Å²) in [4.78, 5) is 5.41. The highest BCUT2D eigenvalue weighted by atomic mass is 32.1. The maximum Gasteiger partial charge on any atom is 0.119 e. The van der Waals surface area contributed by atoms with E-state index in [4.69, 9.17) is 10.6 Å². The highest BCUT2D eigenvalue weighted by molar-refractivity contribution is 7.11. The van der Waals surface area contributed by atoms with Gasteiger partial charge < -0.3 is 4.74 Å². The summed E-state index contributed by atoms with van der Waals surface area (Å²) in [7, 11) is 1.67. The van der Waals surface area contributed by atoms with Crippen molar-refractivity contribution in [3.8, 4) is 5.75 Å². The van der Waals surface area contributed by atoms with Crippen LogP contribution in [-0.4, -0.2) is 12.1 Å². The number of thiazole rings is 1. The Morgan fingerprint density at radius 2 is 2.33 bits per heavy atom. The third-order valence-electron chi connectivity index (χ3n) is 2.76. The smallest absolute Gasteiger partial charge is 0.119 e. The van der Waals surface area contributed by atoms with Crippen LogP contribution >= 0.6 is 11.3 Å². The summed E-state index contributed by atoms with van der Waals surface area (Å²) in [5, 5.41) is 1.05. The second-order valence-electron chi connectivity index (χ2n) is 4.06. The van der Waals surface area contributed by atoms with E-state index in [0.717, 1.165) is 22.1 Å². The van der Waals surface area contributed by atoms with Gasteiger partial charge in [0.15, 0.2) is 0 Å². The first-order chi connectivity index (χ1) is 8.72. The number of rotatable bonds is 5. The molecule has 18 heavy (non-hydrogen) atoms. The normalized spacial score (nSPS) is 12.4. The van der Waals surface area contributed by atoms with Gasteiger partial charge in [-0.2, -0.15) is 0 Å². The lowest BCUT2D eigenvalue weighted by Crippen LogP contribution is -2.28. The summed E-state index contributed by atoms with van der Waals surface area (Å²) in [6.07, 6.45) is 2.69. The molecule has 1 aromatic carbocycles. The van der Waals surface area contributed by atoms with Crippen LogP contribution in [0.4, 0.5) is 0 Å². The maximum atomic E-state index is 5.63. The molecule has 0 aliphatic rings. The zero-order valence-corrected chi connectivity index (χ0v) is 11.3. The van der Waals surface area contributed by atoms with Crippen molar-refractivity contribution in [1.29, 1.82) is 0 Å². The topological polar surface area (TPSA) is 60.2 Å². The fraction of sp³-hybridized carbons (Fsp3) is 0.308. The molecule has 96 valence electrons. The molecule has 0 radical (unpaired) electrons. The molecule has 4 nitrogen and oxygen atoms in total. The average Bonchev–Trinajstić information content (AvgIpc) is 2.82. The summed E-state index contributed by atoms with van der Waals surface area (Å²) in [5.41, 5.74) is 4.03. The van der Waals surface area contributed by atoms with Gasteiger partial charge in [-0.3, -0.25) is 11.3 Å². The van der Waals surface area contributed by atoms with E-state index >= 15 is 0 Å². The summed E-state index contributed by atoms with van der Waals surface area (Å²) in [6, 6.07) is 8.10. The predicted molar refractivity (Wildman–Crippen MR) is 73.6 cm³/mol. The molecule has 0 saturated heterocycles. The monoisotopic (exact) mass is 263 g/mol. The van der Waals surface area contributed by atoms with Crippen molar-refractivity contribution in [3.63, 3.8) is 0 Å². The molecular weight excluding hydrogens is 246 g/mol. The van der Waals surface area contributed by atoms with E-state index in [1.54, 1.807) is 18.4 Å². The largest absolute Gasteiger partial charge is 0.497 e. The SMILES string of the molecule is COc1cccc(CC(NN)c2cnc(C)s2)c1. The lowest BCUT2D eigenvalue weighted by atomic mass is 10.1. The number of nitrogens with one attached hydrogen (secondary N) is 1. The minimum Gasteiger partial charge on any atom is -0.497 e. The quantitative estimate of drug-likeness (QED) is 0.641. The van der Waals surface area contributed by atoms with Crippen molar-refractivity contribution in [2.75, 3.05) is 7.11 Å². The first-order valence-electron chi connectivity index (χ1n) is 5.74. The van der Waals surface area contributed by atoms with Gasteiger partial charge >= 0.3 is 0 Å². The molecule has 0 amide bonds. The molecule has 5 heteroatoms. The van der Waals surface area contributed by atoms with Crippen LogP contribution in [0, 0.1) is 6.92 Å². The van der Waals surface area contributed by atoms with Crippen molar-refractivity contribution < 1.29 is 4.74 Å². The molecule has 0 bridgehead atoms. The van der Waals surface area contributed by atoms with Crippen LogP contribution in [0.1, 0.15) is 21.5 Å². The Morgan fingerprint density at radius 1 is 1.50 bits per heavy atom.